The number of hydrogen-bond acceptors (Lipinski definition) is 2. The maximum absolute atomic E-state index is 11.2. The molecule has 1 aliphatic carbocycles. The number of pyridine rings is 1. The summed E-state index contributed by atoms with van der Waals surface area (Å²) in [6.45, 7) is 0. The summed E-state index contributed by atoms with van der Waals surface area (Å²) in [6, 6.07) is 4.00. The number of aromatic nitrogens is 1. The molecular weight excluding hydrogens is 174 g/mol. The van der Waals surface area contributed by atoms with Crippen molar-refractivity contribution in [2.75, 3.05) is 0 Å². The molecule has 0 aliphatic heterocycles. The maximum Gasteiger partial charge on any atom is 0.155 e. The molecule has 0 bridgehead atoms. The van der Waals surface area contributed by atoms with Gasteiger partial charge in [0.1, 0.15) is 0 Å². The normalized spacial score (nSPS) is 16.6. The number of allylic oxidation sites excluding steroid dienone is 2. The number of nitrogens with zero attached hydrogens (tertiary/aromatic N) is 1. The van der Waals surface area contributed by atoms with Crippen LogP contribution in [0.25, 0.3) is 0 Å². The fraction of sp³-hybridized carbons (Fsp3) is 0.333. The summed E-state index contributed by atoms with van der Waals surface area (Å²) in [5.74, 6) is 0.278. The van der Waals surface area contributed by atoms with E-state index in [0.717, 1.165) is 25.7 Å². The molecule has 1 aromatic rings. The van der Waals surface area contributed by atoms with E-state index >= 15 is 0 Å². The lowest BCUT2D eigenvalue weighted by atomic mass is 9.94. The van der Waals surface area contributed by atoms with Gasteiger partial charge in [0, 0.05) is 18.8 Å². The van der Waals surface area contributed by atoms with Crippen molar-refractivity contribution in [3.8, 4) is 0 Å². The van der Waals surface area contributed by atoms with Crippen molar-refractivity contribution in [3.05, 3.63) is 41.7 Å². The second-order valence-corrected chi connectivity index (χ2v) is 3.65. The van der Waals surface area contributed by atoms with Gasteiger partial charge >= 0.3 is 0 Å². The third-order valence-electron chi connectivity index (χ3n) is 2.47. The van der Waals surface area contributed by atoms with Crippen LogP contribution in [0, 0.1) is 0 Å². The highest BCUT2D eigenvalue weighted by Crippen LogP contribution is 2.18. The molecule has 0 saturated heterocycles. The van der Waals surface area contributed by atoms with E-state index < -0.39 is 0 Å². The molecule has 14 heavy (non-hydrogen) atoms. The van der Waals surface area contributed by atoms with Crippen LogP contribution in [0.15, 0.2) is 36.2 Å². The fourth-order valence-corrected chi connectivity index (χ4v) is 1.76. The SMILES string of the molecule is O=C1C=C(Cc2ccncc2)CCC1. The van der Waals surface area contributed by atoms with Crippen molar-refractivity contribution in [3.63, 3.8) is 0 Å². The predicted molar refractivity (Wildman–Crippen MR) is 54.9 cm³/mol. The van der Waals surface area contributed by atoms with Crippen LogP contribution in [0.2, 0.25) is 0 Å². The molecule has 1 aromatic heterocycles. The van der Waals surface area contributed by atoms with Crippen LogP contribution in [0.1, 0.15) is 24.8 Å². The number of carbonyl (C=O) groups excluding carboxylic acids is 1. The Hall–Kier alpha value is -1.44. The molecule has 0 atom stereocenters. The lowest BCUT2D eigenvalue weighted by Crippen LogP contribution is -2.04. The largest absolute Gasteiger partial charge is 0.295 e. The molecule has 72 valence electrons. The van der Waals surface area contributed by atoms with E-state index in [1.54, 1.807) is 12.4 Å². The topological polar surface area (TPSA) is 30.0 Å². The van der Waals surface area contributed by atoms with E-state index in [1.807, 2.05) is 18.2 Å². The van der Waals surface area contributed by atoms with E-state index in [-0.39, 0.29) is 5.78 Å². The number of rotatable bonds is 2. The Morgan fingerprint density at radius 3 is 2.71 bits per heavy atom. The van der Waals surface area contributed by atoms with Gasteiger partial charge in [-0.2, -0.15) is 0 Å². The third-order valence-corrected chi connectivity index (χ3v) is 2.47. The highest BCUT2D eigenvalue weighted by Gasteiger charge is 2.09. The van der Waals surface area contributed by atoms with Crippen molar-refractivity contribution in [1.82, 2.24) is 4.98 Å². The summed E-state index contributed by atoms with van der Waals surface area (Å²) in [7, 11) is 0. The van der Waals surface area contributed by atoms with Crippen LogP contribution in [0.5, 0.6) is 0 Å². The van der Waals surface area contributed by atoms with Gasteiger partial charge in [0.2, 0.25) is 0 Å². The smallest absolute Gasteiger partial charge is 0.155 e. The molecular formula is C12H13NO. The van der Waals surface area contributed by atoms with E-state index in [1.165, 1.54) is 11.1 Å². The third kappa shape index (κ3) is 2.28. The first kappa shape index (κ1) is 9.13. The molecule has 1 heterocycles. The van der Waals surface area contributed by atoms with Gasteiger partial charge in [-0.25, -0.2) is 0 Å². The van der Waals surface area contributed by atoms with Gasteiger partial charge < -0.3 is 0 Å². The average Bonchev–Trinajstić information content (AvgIpc) is 2.19. The van der Waals surface area contributed by atoms with Crippen LogP contribution in [-0.2, 0) is 11.2 Å². The molecule has 0 fully saturated rings. The predicted octanol–water partition coefficient (Wildman–Crippen LogP) is 2.30. The minimum Gasteiger partial charge on any atom is -0.295 e. The highest BCUT2D eigenvalue weighted by molar-refractivity contribution is 5.91. The van der Waals surface area contributed by atoms with Crippen LogP contribution in [0.3, 0.4) is 0 Å². The number of carbonyl (C=O) groups is 1. The van der Waals surface area contributed by atoms with Gasteiger partial charge in [-0.3, -0.25) is 9.78 Å². The zero-order valence-corrected chi connectivity index (χ0v) is 8.07. The molecule has 2 nitrogen and oxygen atoms in total. The molecule has 0 aromatic carbocycles. The van der Waals surface area contributed by atoms with Crippen molar-refractivity contribution in [2.24, 2.45) is 0 Å². The molecule has 0 N–H and O–H groups in total. The molecule has 1 aliphatic rings. The lowest BCUT2D eigenvalue weighted by molar-refractivity contribution is -0.115. The summed E-state index contributed by atoms with van der Waals surface area (Å²) < 4.78 is 0. The Morgan fingerprint density at radius 2 is 2.00 bits per heavy atom. The molecule has 0 saturated carbocycles. The number of ketones is 1. The van der Waals surface area contributed by atoms with Crippen LogP contribution < -0.4 is 0 Å². The maximum atomic E-state index is 11.2. The van der Waals surface area contributed by atoms with Crippen molar-refractivity contribution in [2.45, 2.75) is 25.7 Å². The Labute approximate surface area is 83.7 Å². The van der Waals surface area contributed by atoms with Crippen molar-refractivity contribution < 1.29 is 4.79 Å². The zero-order valence-electron chi connectivity index (χ0n) is 8.07. The van der Waals surface area contributed by atoms with Crippen molar-refractivity contribution >= 4 is 5.78 Å². The first-order chi connectivity index (χ1) is 6.84. The molecule has 0 unspecified atom stereocenters. The zero-order chi connectivity index (χ0) is 9.80. The van der Waals surface area contributed by atoms with E-state index in [0.29, 0.717) is 0 Å². The Morgan fingerprint density at radius 1 is 1.21 bits per heavy atom. The monoisotopic (exact) mass is 187 g/mol. The highest BCUT2D eigenvalue weighted by atomic mass is 16.1. The van der Waals surface area contributed by atoms with E-state index in [9.17, 15) is 4.79 Å². The summed E-state index contributed by atoms with van der Waals surface area (Å²) in [6.07, 6.45) is 9.09. The van der Waals surface area contributed by atoms with Gasteiger partial charge in [-0.15, -0.1) is 0 Å². The van der Waals surface area contributed by atoms with Gasteiger partial charge in [0.05, 0.1) is 0 Å². The first-order valence-electron chi connectivity index (χ1n) is 4.96. The summed E-state index contributed by atoms with van der Waals surface area (Å²) in [4.78, 5) is 15.1. The van der Waals surface area contributed by atoms with Gasteiger partial charge in [-0.1, -0.05) is 5.57 Å². The van der Waals surface area contributed by atoms with Crippen molar-refractivity contribution in [1.29, 1.82) is 0 Å². The van der Waals surface area contributed by atoms with Gasteiger partial charge in [0.15, 0.2) is 5.78 Å². The second kappa shape index (κ2) is 4.18. The standard InChI is InChI=1S/C12H13NO/c14-12-3-1-2-11(9-12)8-10-4-6-13-7-5-10/h4-7,9H,1-3,8H2. The summed E-state index contributed by atoms with van der Waals surface area (Å²) >= 11 is 0. The Bertz CT molecular complexity index is 354. The Balaban J connectivity index is 2.08. The molecule has 0 spiro atoms. The quantitative estimate of drug-likeness (QED) is 0.711. The van der Waals surface area contributed by atoms with Gasteiger partial charge in [0.25, 0.3) is 0 Å². The molecule has 0 radical (unpaired) electrons. The Kier molecular flexibility index (Phi) is 2.73. The molecule has 2 heteroatoms. The lowest BCUT2D eigenvalue weighted by Gasteiger charge is -2.11. The van der Waals surface area contributed by atoms with Crippen LogP contribution >= 0.6 is 0 Å². The molecule has 2 rings (SSSR count). The minimum absolute atomic E-state index is 0.278. The first-order valence-corrected chi connectivity index (χ1v) is 4.96. The number of hydrogen-bond donors (Lipinski definition) is 0. The van der Waals surface area contributed by atoms with Gasteiger partial charge in [-0.05, 0) is 43.0 Å². The van der Waals surface area contributed by atoms with Crippen LogP contribution in [0.4, 0.5) is 0 Å². The van der Waals surface area contributed by atoms with E-state index in [2.05, 4.69) is 4.98 Å². The average molecular weight is 187 g/mol. The fourth-order valence-electron chi connectivity index (χ4n) is 1.76. The second-order valence-electron chi connectivity index (χ2n) is 3.65. The summed E-state index contributed by atoms with van der Waals surface area (Å²) in [5.41, 5.74) is 2.49. The molecule has 0 amide bonds. The van der Waals surface area contributed by atoms with E-state index in [4.69, 9.17) is 0 Å². The van der Waals surface area contributed by atoms with Crippen LogP contribution in [-0.4, -0.2) is 10.8 Å². The summed E-state index contributed by atoms with van der Waals surface area (Å²) in [5, 5.41) is 0. The minimum atomic E-state index is 0.278.